The molecule has 1 aromatic rings. The van der Waals surface area contributed by atoms with E-state index in [-0.39, 0.29) is 13.0 Å². The van der Waals surface area contributed by atoms with E-state index in [1.165, 1.54) is 32.2 Å². The third-order valence-corrected chi connectivity index (χ3v) is 2.97. The molecule has 0 saturated heterocycles. The van der Waals surface area contributed by atoms with Crippen LogP contribution >= 0.6 is 0 Å². The summed E-state index contributed by atoms with van der Waals surface area (Å²) in [5, 5.41) is 11.6. The fourth-order valence-corrected chi connectivity index (χ4v) is 1.78. The number of amides is 1. The van der Waals surface area contributed by atoms with Gasteiger partial charge in [-0.1, -0.05) is 12.1 Å². The number of rotatable bonds is 9. The summed E-state index contributed by atoms with van der Waals surface area (Å²) in [5.41, 5.74) is 0.640. The van der Waals surface area contributed by atoms with Crippen LogP contribution in [0.15, 0.2) is 18.2 Å². The number of ether oxygens (including phenoxy) is 2. The van der Waals surface area contributed by atoms with Crippen LogP contribution in [0.25, 0.3) is 0 Å². The highest BCUT2D eigenvalue weighted by atomic mass is 19.1. The Bertz CT molecular complexity index is 521. The molecular weight excluding hydrogens is 293 g/mol. The first-order chi connectivity index (χ1) is 10.5. The monoisotopic (exact) mass is 313 g/mol. The molecule has 0 heterocycles. The van der Waals surface area contributed by atoms with Crippen LogP contribution in [0.3, 0.4) is 0 Å². The van der Waals surface area contributed by atoms with Crippen LogP contribution in [-0.4, -0.2) is 43.9 Å². The van der Waals surface area contributed by atoms with E-state index in [2.05, 4.69) is 5.32 Å². The first-order valence-corrected chi connectivity index (χ1v) is 6.80. The number of hydrogen-bond donors (Lipinski definition) is 2. The van der Waals surface area contributed by atoms with Crippen molar-refractivity contribution in [2.24, 2.45) is 0 Å². The Morgan fingerprint density at radius 3 is 2.64 bits per heavy atom. The number of carbonyl (C=O) groups is 2. The Kier molecular flexibility index (Phi) is 7.48. The fourth-order valence-electron chi connectivity index (χ4n) is 1.78. The summed E-state index contributed by atoms with van der Waals surface area (Å²) in [6, 6.07) is 2.71. The van der Waals surface area contributed by atoms with Gasteiger partial charge in [-0.15, -0.1) is 0 Å². The first-order valence-electron chi connectivity index (χ1n) is 6.80. The Morgan fingerprint density at radius 1 is 1.32 bits per heavy atom. The fraction of sp³-hybridized carbons (Fsp3) is 0.467. The Labute approximate surface area is 128 Å². The number of benzene rings is 1. The summed E-state index contributed by atoms with van der Waals surface area (Å²) >= 11 is 0. The molecule has 1 aromatic carbocycles. The average Bonchev–Trinajstić information content (AvgIpc) is 2.47. The smallest absolute Gasteiger partial charge is 0.330 e. The SMILES string of the molecule is COCCOCCC(=O)NC(C(=O)O)c1ccc(F)c(C)c1. The molecule has 0 bridgehead atoms. The van der Waals surface area contributed by atoms with Gasteiger partial charge in [-0.3, -0.25) is 4.79 Å². The van der Waals surface area contributed by atoms with Crippen molar-refractivity contribution in [3.63, 3.8) is 0 Å². The molecule has 2 N–H and O–H groups in total. The largest absolute Gasteiger partial charge is 0.479 e. The number of carbonyl (C=O) groups excluding carboxylic acids is 1. The van der Waals surface area contributed by atoms with Crippen molar-refractivity contribution in [3.05, 3.63) is 35.1 Å². The summed E-state index contributed by atoms with van der Waals surface area (Å²) in [6.45, 7) is 2.49. The van der Waals surface area contributed by atoms with Crippen LogP contribution in [0.2, 0.25) is 0 Å². The van der Waals surface area contributed by atoms with Crippen LogP contribution < -0.4 is 5.32 Å². The highest BCUT2D eigenvalue weighted by Crippen LogP contribution is 2.17. The Balaban J connectivity index is 2.59. The van der Waals surface area contributed by atoms with Crippen molar-refractivity contribution in [2.45, 2.75) is 19.4 Å². The highest BCUT2D eigenvalue weighted by Gasteiger charge is 2.22. The minimum Gasteiger partial charge on any atom is -0.479 e. The number of aryl methyl sites for hydroxylation is 1. The molecule has 7 heteroatoms. The number of methoxy groups -OCH3 is 1. The van der Waals surface area contributed by atoms with E-state index in [4.69, 9.17) is 9.47 Å². The summed E-state index contributed by atoms with van der Waals surface area (Å²) < 4.78 is 23.2. The van der Waals surface area contributed by atoms with Crippen molar-refractivity contribution >= 4 is 11.9 Å². The van der Waals surface area contributed by atoms with Gasteiger partial charge in [-0.05, 0) is 24.1 Å². The van der Waals surface area contributed by atoms with Gasteiger partial charge in [0, 0.05) is 13.5 Å². The molecule has 0 fully saturated rings. The van der Waals surface area contributed by atoms with Gasteiger partial charge < -0.3 is 19.9 Å². The van der Waals surface area contributed by atoms with Gasteiger partial charge in [-0.2, -0.15) is 0 Å². The molecule has 0 spiro atoms. The highest BCUT2D eigenvalue weighted by molar-refractivity contribution is 5.84. The van der Waals surface area contributed by atoms with E-state index >= 15 is 0 Å². The molecule has 1 rings (SSSR count). The normalized spacial score (nSPS) is 12.0. The van der Waals surface area contributed by atoms with Gasteiger partial charge in [0.25, 0.3) is 0 Å². The zero-order valence-electron chi connectivity index (χ0n) is 12.6. The second-order valence-electron chi connectivity index (χ2n) is 4.70. The molecule has 1 atom stereocenters. The van der Waals surface area contributed by atoms with Crippen molar-refractivity contribution in [1.29, 1.82) is 0 Å². The van der Waals surface area contributed by atoms with Gasteiger partial charge in [-0.25, -0.2) is 9.18 Å². The first kappa shape index (κ1) is 18.1. The Morgan fingerprint density at radius 2 is 2.05 bits per heavy atom. The maximum Gasteiger partial charge on any atom is 0.330 e. The van der Waals surface area contributed by atoms with Crippen LogP contribution in [0.4, 0.5) is 4.39 Å². The quantitative estimate of drug-likeness (QED) is 0.674. The van der Waals surface area contributed by atoms with Crippen LogP contribution in [0.5, 0.6) is 0 Å². The molecular formula is C15H20FNO5. The molecule has 6 nitrogen and oxygen atoms in total. The van der Waals surface area contributed by atoms with E-state index in [0.717, 1.165) is 0 Å². The second-order valence-corrected chi connectivity index (χ2v) is 4.70. The summed E-state index contributed by atoms with van der Waals surface area (Å²) in [5.74, 6) is -2.09. The minimum atomic E-state index is -1.22. The van der Waals surface area contributed by atoms with E-state index in [1.54, 1.807) is 0 Å². The predicted octanol–water partition coefficient (Wildman–Crippen LogP) is 1.43. The minimum absolute atomic E-state index is 0.0354. The lowest BCUT2D eigenvalue weighted by molar-refractivity contribution is -0.142. The van der Waals surface area contributed by atoms with Gasteiger partial charge in [0.05, 0.1) is 19.8 Å². The van der Waals surface area contributed by atoms with Gasteiger partial charge in [0.15, 0.2) is 6.04 Å². The van der Waals surface area contributed by atoms with E-state index < -0.39 is 23.7 Å². The summed E-state index contributed by atoms with van der Waals surface area (Å²) in [4.78, 5) is 23.0. The predicted molar refractivity (Wildman–Crippen MR) is 77.0 cm³/mol. The van der Waals surface area contributed by atoms with E-state index in [0.29, 0.717) is 24.3 Å². The van der Waals surface area contributed by atoms with Crippen molar-refractivity contribution in [3.8, 4) is 0 Å². The van der Waals surface area contributed by atoms with E-state index in [9.17, 15) is 19.1 Å². The van der Waals surface area contributed by atoms with Crippen LogP contribution in [0, 0.1) is 12.7 Å². The molecule has 0 aliphatic heterocycles. The molecule has 22 heavy (non-hydrogen) atoms. The molecule has 0 radical (unpaired) electrons. The molecule has 122 valence electrons. The Hall–Kier alpha value is -1.99. The van der Waals surface area contributed by atoms with Crippen molar-refractivity contribution < 1.29 is 28.6 Å². The maximum absolute atomic E-state index is 13.2. The molecule has 0 aromatic heterocycles. The lowest BCUT2D eigenvalue weighted by atomic mass is 10.0. The van der Waals surface area contributed by atoms with Crippen molar-refractivity contribution in [2.75, 3.05) is 26.9 Å². The lowest BCUT2D eigenvalue weighted by Gasteiger charge is -2.15. The average molecular weight is 313 g/mol. The molecule has 1 amide bonds. The van der Waals surface area contributed by atoms with E-state index in [1.807, 2.05) is 0 Å². The lowest BCUT2D eigenvalue weighted by Crippen LogP contribution is -2.34. The summed E-state index contributed by atoms with van der Waals surface area (Å²) in [6.07, 6.45) is 0.0354. The van der Waals surface area contributed by atoms with Crippen LogP contribution in [-0.2, 0) is 19.1 Å². The third-order valence-electron chi connectivity index (χ3n) is 2.97. The van der Waals surface area contributed by atoms with Crippen molar-refractivity contribution in [1.82, 2.24) is 5.32 Å². The topological polar surface area (TPSA) is 84.9 Å². The molecule has 1 unspecified atom stereocenters. The van der Waals surface area contributed by atoms with Gasteiger partial charge >= 0.3 is 5.97 Å². The number of hydrogen-bond acceptors (Lipinski definition) is 4. The maximum atomic E-state index is 13.2. The summed E-state index contributed by atoms with van der Waals surface area (Å²) in [7, 11) is 1.54. The third kappa shape index (κ3) is 5.79. The zero-order valence-corrected chi connectivity index (χ0v) is 12.6. The number of carboxylic acids is 1. The number of halogens is 1. The number of nitrogens with one attached hydrogen (secondary N) is 1. The second kappa shape index (κ2) is 9.11. The van der Waals surface area contributed by atoms with Crippen LogP contribution in [0.1, 0.15) is 23.6 Å². The van der Waals surface area contributed by atoms with Gasteiger partial charge in [0.2, 0.25) is 5.91 Å². The molecule has 0 saturated carbocycles. The molecule has 0 aliphatic carbocycles. The van der Waals surface area contributed by atoms with Gasteiger partial charge in [0.1, 0.15) is 5.82 Å². The molecule has 0 aliphatic rings. The number of aliphatic carboxylic acids is 1. The standard InChI is InChI=1S/C15H20FNO5/c1-10-9-11(3-4-12(10)16)14(15(19)20)17-13(18)5-6-22-8-7-21-2/h3-4,9,14H,5-8H2,1-2H3,(H,17,18)(H,19,20). The number of carboxylic acid groups (broad SMARTS) is 1. The zero-order chi connectivity index (χ0) is 16.5.